The van der Waals surface area contributed by atoms with Gasteiger partial charge in [0.1, 0.15) is 16.7 Å². The van der Waals surface area contributed by atoms with Crippen molar-refractivity contribution in [2.24, 2.45) is 0 Å². The van der Waals surface area contributed by atoms with E-state index in [-0.39, 0.29) is 11.0 Å². The largest absolute Gasteiger partial charge is 0.495 e. The van der Waals surface area contributed by atoms with Crippen molar-refractivity contribution in [2.75, 3.05) is 7.11 Å². The van der Waals surface area contributed by atoms with Gasteiger partial charge in [-0.05, 0) is 6.07 Å². The number of benzene rings is 1. The number of hydrogen-bond acceptors (Lipinski definition) is 5. The molecule has 0 atom stereocenters. The average Bonchev–Trinajstić information content (AvgIpc) is 2.73. The van der Waals surface area contributed by atoms with E-state index in [2.05, 4.69) is 4.98 Å². The van der Waals surface area contributed by atoms with Gasteiger partial charge >= 0.3 is 5.76 Å². The molecule has 3 aromatic rings. The first-order valence-corrected chi connectivity index (χ1v) is 4.82. The summed E-state index contributed by atoms with van der Waals surface area (Å²) in [5.74, 6) is -0.480. The summed E-state index contributed by atoms with van der Waals surface area (Å²) in [6.07, 6.45) is 1.47. The van der Waals surface area contributed by atoms with Crippen LogP contribution in [-0.4, -0.2) is 12.1 Å². The first-order valence-electron chi connectivity index (χ1n) is 4.82. The molecule has 86 valence electrons. The quantitative estimate of drug-likeness (QED) is 0.683. The van der Waals surface area contributed by atoms with Crippen molar-refractivity contribution in [2.45, 2.75) is 0 Å². The molecule has 0 aliphatic rings. The van der Waals surface area contributed by atoms with Gasteiger partial charge in [0.25, 0.3) is 5.56 Å². The number of aromatic nitrogens is 1. The van der Waals surface area contributed by atoms with Gasteiger partial charge in [-0.2, -0.15) is 0 Å². The molecule has 17 heavy (non-hydrogen) atoms. The lowest BCUT2D eigenvalue weighted by atomic mass is 10.1. The fourth-order valence-electron chi connectivity index (χ4n) is 1.85. The molecule has 0 saturated heterocycles. The van der Waals surface area contributed by atoms with Crippen LogP contribution in [0.25, 0.3) is 21.9 Å². The van der Waals surface area contributed by atoms with Crippen molar-refractivity contribution in [1.29, 1.82) is 0 Å². The molecule has 6 nitrogen and oxygen atoms in total. The Morgan fingerprint density at radius 3 is 2.88 bits per heavy atom. The van der Waals surface area contributed by atoms with Gasteiger partial charge in [0.2, 0.25) is 0 Å². The monoisotopic (exact) mass is 233 g/mol. The molecule has 0 aliphatic heterocycles. The van der Waals surface area contributed by atoms with Gasteiger partial charge in [0.15, 0.2) is 5.58 Å². The fraction of sp³-hybridized carbons (Fsp3) is 0.0909. The zero-order valence-electron chi connectivity index (χ0n) is 8.77. The molecule has 0 saturated carbocycles. The second-order valence-electron chi connectivity index (χ2n) is 3.46. The lowest BCUT2D eigenvalue weighted by Gasteiger charge is -2.04. The molecule has 0 bridgehead atoms. The SMILES string of the molecule is COc1c2ccoc2cc2oc(=O)[nH]c(=O)c12. The highest BCUT2D eigenvalue weighted by Gasteiger charge is 2.15. The Morgan fingerprint density at radius 1 is 1.29 bits per heavy atom. The molecule has 0 unspecified atom stereocenters. The predicted octanol–water partition coefficient (Wildman–Crippen LogP) is 1.24. The molecule has 0 aliphatic carbocycles. The summed E-state index contributed by atoms with van der Waals surface area (Å²) >= 11 is 0. The Kier molecular flexibility index (Phi) is 1.85. The van der Waals surface area contributed by atoms with Crippen LogP contribution >= 0.6 is 0 Å². The smallest absolute Gasteiger partial charge is 0.419 e. The van der Waals surface area contributed by atoms with E-state index in [1.54, 1.807) is 6.07 Å². The summed E-state index contributed by atoms with van der Waals surface area (Å²) in [5.41, 5.74) is 0.0809. The van der Waals surface area contributed by atoms with Crippen LogP contribution < -0.4 is 16.1 Å². The molecule has 6 heteroatoms. The lowest BCUT2D eigenvalue weighted by molar-refractivity contribution is 0.422. The maximum atomic E-state index is 11.7. The van der Waals surface area contributed by atoms with E-state index in [1.807, 2.05) is 0 Å². The third-order valence-electron chi connectivity index (χ3n) is 2.52. The van der Waals surface area contributed by atoms with Gasteiger partial charge in [-0.15, -0.1) is 0 Å². The summed E-state index contributed by atoms with van der Waals surface area (Å²) < 4.78 is 15.3. The average molecular weight is 233 g/mol. The number of ether oxygens (including phenoxy) is 1. The zero-order chi connectivity index (χ0) is 12.0. The van der Waals surface area contributed by atoms with E-state index in [4.69, 9.17) is 13.6 Å². The van der Waals surface area contributed by atoms with Crippen molar-refractivity contribution in [3.63, 3.8) is 0 Å². The number of rotatable bonds is 1. The van der Waals surface area contributed by atoms with Crippen molar-refractivity contribution >= 4 is 21.9 Å². The summed E-state index contributed by atoms with van der Waals surface area (Å²) in [6, 6.07) is 3.17. The molecule has 0 fully saturated rings. The number of fused-ring (bicyclic) bond motifs is 2. The molecule has 0 spiro atoms. The van der Waals surface area contributed by atoms with Crippen molar-refractivity contribution in [1.82, 2.24) is 4.98 Å². The summed E-state index contributed by atoms with van der Waals surface area (Å²) in [7, 11) is 1.44. The standard InChI is InChI=1S/C11H7NO5/c1-15-9-5-2-3-16-6(5)4-7-8(9)10(13)12-11(14)17-7/h2-4H,1H3,(H,12,13,14). The van der Waals surface area contributed by atoms with Crippen LogP contribution in [0.15, 0.2) is 36.8 Å². The van der Waals surface area contributed by atoms with Gasteiger partial charge in [0.05, 0.1) is 18.8 Å². The second-order valence-corrected chi connectivity index (χ2v) is 3.46. The maximum absolute atomic E-state index is 11.7. The minimum atomic E-state index is -0.810. The van der Waals surface area contributed by atoms with Crippen molar-refractivity contribution in [3.8, 4) is 5.75 Å². The molecule has 0 amide bonds. The van der Waals surface area contributed by atoms with Crippen LogP contribution in [0.2, 0.25) is 0 Å². The van der Waals surface area contributed by atoms with Crippen LogP contribution in [-0.2, 0) is 0 Å². The van der Waals surface area contributed by atoms with Gasteiger partial charge in [-0.25, -0.2) is 4.79 Å². The minimum Gasteiger partial charge on any atom is -0.495 e. The third-order valence-corrected chi connectivity index (χ3v) is 2.52. The van der Waals surface area contributed by atoms with Gasteiger partial charge in [-0.3, -0.25) is 9.78 Å². The molecule has 0 radical (unpaired) electrons. The van der Waals surface area contributed by atoms with E-state index in [0.717, 1.165) is 0 Å². The molecule has 1 aromatic carbocycles. The highest BCUT2D eigenvalue weighted by molar-refractivity contribution is 6.00. The van der Waals surface area contributed by atoms with Gasteiger partial charge in [0, 0.05) is 6.07 Å². The van der Waals surface area contributed by atoms with E-state index in [0.29, 0.717) is 16.7 Å². The molecule has 3 rings (SSSR count). The first kappa shape index (κ1) is 9.71. The summed E-state index contributed by atoms with van der Waals surface area (Å²) in [4.78, 5) is 24.9. The molecule has 1 N–H and O–H groups in total. The first-order chi connectivity index (χ1) is 8.20. The van der Waals surface area contributed by atoms with Crippen LogP contribution in [0, 0.1) is 0 Å². The van der Waals surface area contributed by atoms with E-state index in [1.165, 1.54) is 19.4 Å². The highest BCUT2D eigenvalue weighted by Crippen LogP contribution is 2.32. The topological polar surface area (TPSA) is 85.4 Å². The van der Waals surface area contributed by atoms with Crippen LogP contribution in [0.5, 0.6) is 5.75 Å². The van der Waals surface area contributed by atoms with Gasteiger partial charge in [-0.1, -0.05) is 0 Å². The molecular weight excluding hydrogens is 226 g/mol. The van der Waals surface area contributed by atoms with Crippen LogP contribution in [0.1, 0.15) is 0 Å². The van der Waals surface area contributed by atoms with Crippen molar-refractivity contribution in [3.05, 3.63) is 39.3 Å². The predicted molar refractivity (Wildman–Crippen MR) is 59.4 cm³/mol. The normalized spacial score (nSPS) is 11.1. The number of methoxy groups -OCH3 is 1. The zero-order valence-corrected chi connectivity index (χ0v) is 8.77. The van der Waals surface area contributed by atoms with Crippen LogP contribution in [0.3, 0.4) is 0 Å². The lowest BCUT2D eigenvalue weighted by Crippen LogP contribution is -2.18. The minimum absolute atomic E-state index is 0.137. The summed E-state index contributed by atoms with van der Waals surface area (Å²) in [5, 5.41) is 0.848. The van der Waals surface area contributed by atoms with Gasteiger partial charge < -0.3 is 13.6 Å². The number of hydrogen-bond donors (Lipinski definition) is 1. The molecule has 2 aromatic heterocycles. The Morgan fingerprint density at radius 2 is 2.12 bits per heavy atom. The number of nitrogens with one attached hydrogen (secondary N) is 1. The second kappa shape index (κ2) is 3.24. The molecule has 2 heterocycles. The summed E-state index contributed by atoms with van der Waals surface area (Å²) in [6.45, 7) is 0. The Bertz CT molecular complexity index is 823. The highest BCUT2D eigenvalue weighted by atomic mass is 16.5. The van der Waals surface area contributed by atoms with E-state index >= 15 is 0 Å². The molecular formula is C11H7NO5. The van der Waals surface area contributed by atoms with Crippen molar-refractivity contribution < 1.29 is 13.6 Å². The Hall–Kier alpha value is -2.50. The van der Waals surface area contributed by atoms with E-state index < -0.39 is 11.3 Å². The third kappa shape index (κ3) is 1.27. The van der Waals surface area contributed by atoms with Crippen LogP contribution in [0.4, 0.5) is 0 Å². The fourth-order valence-corrected chi connectivity index (χ4v) is 1.85. The number of H-pyrrole nitrogens is 1. The Balaban J connectivity index is 2.68. The van der Waals surface area contributed by atoms with E-state index in [9.17, 15) is 9.59 Å². The number of aromatic amines is 1. The Labute approximate surface area is 93.4 Å². The number of furan rings is 1. The maximum Gasteiger partial charge on any atom is 0.419 e.